The second kappa shape index (κ2) is 6.07. The minimum Gasteiger partial charge on any atom is -0.489 e. The van der Waals surface area contributed by atoms with E-state index in [1.807, 2.05) is 38.4 Å². The Kier molecular flexibility index (Phi) is 4.22. The maximum absolute atomic E-state index is 8.66. The van der Waals surface area contributed by atoms with Gasteiger partial charge in [0.05, 0.1) is 6.20 Å². The van der Waals surface area contributed by atoms with E-state index < -0.39 is 0 Å². The molecule has 0 aliphatic heterocycles. The molecule has 0 saturated carbocycles. The molecule has 1 N–H and O–H groups in total. The molecular weight excluding hydrogens is 240 g/mol. The lowest BCUT2D eigenvalue weighted by Crippen LogP contribution is -1.96. The van der Waals surface area contributed by atoms with Crippen LogP contribution in [0.3, 0.4) is 0 Å². The van der Waals surface area contributed by atoms with E-state index in [4.69, 9.17) is 9.84 Å². The molecule has 0 aliphatic carbocycles. The van der Waals surface area contributed by atoms with E-state index in [0.717, 1.165) is 22.4 Å². The fourth-order valence-electron chi connectivity index (χ4n) is 1.74. The van der Waals surface area contributed by atoms with Crippen molar-refractivity contribution < 1.29 is 9.84 Å². The summed E-state index contributed by atoms with van der Waals surface area (Å²) in [6, 6.07) is 5.72. The first-order chi connectivity index (χ1) is 9.19. The normalized spacial score (nSPS) is 9.84. The van der Waals surface area contributed by atoms with Crippen molar-refractivity contribution in [1.82, 2.24) is 9.78 Å². The third-order valence-electron chi connectivity index (χ3n) is 2.64. The molecule has 2 aromatic rings. The monoisotopic (exact) mass is 256 g/mol. The first kappa shape index (κ1) is 13.2. The molecule has 0 fully saturated rings. The third kappa shape index (κ3) is 3.60. The summed E-state index contributed by atoms with van der Waals surface area (Å²) in [7, 11) is 1.88. The Morgan fingerprint density at radius 2 is 2.26 bits per heavy atom. The van der Waals surface area contributed by atoms with E-state index >= 15 is 0 Å². The molecule has 0 saturated heterocycles. The van der Waals surface area contributed by atoms with E-state index in [9.17, 15) is 0 Å². The molecule has 0 spiro atoms. The molecule has 2 rings (SSSR count). The Hall–Kier alpha value is -2.25. The number of ether oxygens (including phenoxy) is 1. The average Bonchev–Trinajstić information content (AvgIpc) is 2.81. The molecule has 1 heterocycles. The predicted molar refractivity (Wildman–Crippen MR) is 72.7 cm³/mol. The first-order valence-corrected chi connectivity index (χ1v) is 6.00. The number of aromatic nitrogens is 2. The molecule has 4 nitrogen and oxygen atoms in total. The smallest absolute Gasteiger partial charge is 0.122 e. The van der Waals surface area contributed by atoms with Gasteiger partial charge < -0.3 is 9.84 Å². The summed E-state index contributed by atoms with van der Waals surface area (Å²) in [4.78, 5) is 0. The third-order valence-corrected chi connectivity index (χ3v) is 2.64. The van der Waals surface area contributed by atoms with Gasteiger partial charge in [-0.25, -0.2) is 0 Å². The van der Waals surface area contributed by atoms with Crippen molar-refractivity contribution in [1.29, 1.82) is 0 Å². The van der Waals surface area contributed by atoms with Gasteiger partial charge in [-0.05, 0) is 30.7 Å². The Morgan fingerprint density at radius 3 is 2.89 bits per heavy atom. The SMILES string of the molecule is Cc1cc(C#CCO)ccc1OCc1cnn(C)c1. The van der Waals surface area contributed by atoms with Gasteiger partial charge in [-0.3, -0.25) is 4.68 Å². The van der Waals surface area contributed by atoms with Gasteiger partial charge in [-0.2, -0.15) is 5.10 Å². The summed E-state index contributed by atoms with van der Waals surface area (Å²) in [5, 5.41) is 12.8. The first-order valence-electron chi connectivity index (χ1n) is 6.00. The van der Waals surface area contributed by atoms with Crippen LogP contribution >= 0.6 is 0 Å². The summed E-state index contributed by atoms with van der Waals surface area (Å²) >= 11 is 0. The van der Waals surface area contributed by atoms with Crippen LogP contribution < -0.4 is 4.74 Å². The van der Waals surface area contributed by atoms with Crippen molar-refractivity contribution in [3.63, 3.8) is 0 Å². The number of hydrogen-bond acceptors (Lipinski definition) is 3. The molecule has 98 valence electrons. The van der Waals surface area contributed by atoms with Crippen LogP contribution in [0.1, 0.15) is 16.7 Å². The topological polar surface area (TPSA) is 47.3 Å². The predicted octanol–water partition coefficient (Wildman–Crippen LogP) is 1.65. The van der Waals surface area contributed by atoms with Crippen LogP contribution in [-0.2, 0) is 13.7 Å². The second-order valence-electron chi connectivity index (χ2n) is 4.25. The summed E-state index contributed by atoms with van der Waals surface area (Å²) in [6.45, 7) is 2.34. The zero-order valence-electron chi connectivity index (χ0n) is 11.1. The Balaban J connectivity index is 2.05. The largest absolute Gasteiger partial charge is 0.489 e. The highest BCUT2D eigenvalue weighted by molar-refractivity contribution is 5.43. The zero-order valence-corrected chi connectivity index (χ0v) is 11.1. The van der Waals surface area contributed by atoms with Crippen LogP contribution in [0.15, 0.2) is 30.6 Å². The highest BCUT2D eigenvalue weighted by atomic mass is 16.5. The molecular formula is C15H16N2O2. The Morgan fingerprint density at radius 1 is 1.42 bits per heavy atom. The number of aryl methyl sites for hydroxylation is 2. The highest BCUT2D eigenvalue weighted by Crippen LogP contribution is 2.20. The summed E-state index contributed by atoms with van der Waals surface area (Å²) in [5.74, 6) is 6.33. The fourth-order valence-corrected chi connectivity index (χ4v) is 1.74. The number of rotatable bonds is 3. The fraction of sp³-hybridized carbons (Fsp3) is 0.267. The van der Waals surface area contributed by atoms with Crippen molar-refractivity contribution in [2.75, 3.05) is 6.61 Å². The van der Waals surface area contributed by atoms with E-state index in [2.05, 4.69) is 16.9 Å². The molecule has 1 aromatic heterocycles. The molecule has 4 heteroatoms. The summed E-state index contributed by atoms with van der Waals surface area (Å²) < 4.78 is 7.49. The number of hydrogen-bond donors (Lipinski definition) is 1. The lowest BCUT2D eigenvalue weighted by atomic mass is 10.1. The second-order valence-corrected chi connectivity index (χ2v) is 4.25. The van der Waals surface area contributed by atoms with Crippen LogP contribution in [0.25, 0.3) is 0 Å². The molecule has 0 bridgehead atoms. The van der Waals surface area contributed by atoms with Crippen molar-refractivity contribution in [2.45, 2.75) is 13.5 Å². The van der Waals surface area contributed by atoms with Crippen LogP contribution in [0.2, 0.25) is 0 Å². The molecule has 0 radical (unpaired) electrons. The molecule has 0 amide bonds. The van der Waals surface area contributed by atoms with Gasteiger partial charge in [-0.15, -0.1) is 0 Å². The van der Waals surface area contributed by atoms with E-state index in [0.29, 0.717) is 6.61 Å². The van der Waals surface area contributed by atoms with Crippen LogP contribution in [-0.4, -0.2) is 21.5 Å². The highest BCUT2D eigenvalue weighted by Gasteiger charge is 2.02. The minimum absolute atomic E-state index is 0.127. The van der Waals surface area contributed by atoms with Gasteiger partial charge >= 0.3 is 0 Å². The Bertz CT molecular complexity index is 621. The summed E-state index contributed by atoms with van der Waals surface area (Å²) in [5.41, 5.74) is 2.93. The van der Waals surface area contributed by atoms with Crippen molar-refractivity contribution in [2.24, 2.45) is 7.05 Å². The van der Waals surface area contributed by atoms with Gasteiger partial charge in [0, 0.05) is 24.4 Å². The standard InChI is InChI=1S/C15H16N2O2/c1-12-8-13(4-3-7-18)5-6-15(12)19-11-14-9-16-17(2)10-14/h5-6,8-10,18H,7,11H2,1-2H3. The number of nitrogens with zero attached hydrogens (tertiary/aromatic N) is 2. The molecule has 1 aromatic carbocycles. The van der Waals surface area contributed by atoms with Gasteiger partial charge in [0.15, 0.2) is 0 Å². The lowest BCUT2D eigenvalue weighted by Gasteiger charge is -2.08. The number of aliphatic hydroxyl groups excluding tert-OH is 1. The molecule has 0 atom stereocenters. The van der Waals surface area contributed by atoms with E-state index in [1.165, 1.54) is 0 Å². The van der Waals surface area contributed by atoms with Gasteiger partial charge in [0.2, 0.25) is 0 Å². The Labute approximate surface area is 112 Å². The maximum atomic E-state index is 8.66. The number of benzene rings is 1. The van der Waals surface area contributed by atoms with Gasteiger partial charge in [0.1, 0.15) is 19.0 Å². The van der Waals surface area contributed by atoms with Gasteiger partial charge in [-0.1, -0.05) is 11.8 Å². The molecule has 0 unspecified atom stereocenters. The maximum Gasteiger partial charge on any atom is 0.122 e. The number of aliphatic hydroxyl groups is 1. The van der Waals surface area contributed by atoms with E-state index in [-0.39, 0.29) is 6.61 Å². The average molecular weight is 256 g/mol. The molecule has 19 heavy (non-hydrogen) atoms. The van der Waals surface area contributed by atoms with Crippen molar-refractivity contribution in [3.05, 3.63) is 47.3 Å². The summed E-state index contributed by atoms with van der Waals surface area (Å²) in [6.07, 6.45) is 3.72. The molecule has 0 aliphatic rings. The van der Waals surface area contributed by atoms with Crippen molar-refractivity contribution >= 4 is 0 Å². The minimum atomic E-state index is -0.127. The van der Waals surface area contributed by atoms with Gasteiger partial charge in [0.25, 0.3) is 0 Å². The zero-order chi connectivity index (χ0) is 13.7. The van der Waals surface area contributed by atoms with Crippen LogP contribution in [0, 0.1) is 18.8 Å². The van der Waals surface area contributed by atoms with Crippen LogP contribution in [0.4, 0.5) is 0 Å². The van der Waals surface area contributed by atoms with Crippen molar-refractivity contribution in [3.8, 4) is 17.6 Å². The van der Waals surface area contributed by atoms with E-state index in [1.54, 1.807) is 10.9 Å². The quantitative estimate of drug-likeness (QED) is 0.849. The lowest BCUT2D eigenvalue weighted by molar-refractivity contribution is 0.304. The van der Waals surface area contributed by atoms with Crippen LogP contribution in [0.5, 0.6) is 5.75 Å².